The van der Waals surface area contributed by atoms with E-state index in [4.69, 9.17) is 4.74 Å². The molecule has 1 atom stereocenters. The van der Waals surface area contributed by atoms with Gasteiger partial charge in [0.25, 0.3) is 0 Å². The van der Waals surface area contributed by atoms with E-state index in [2.05, 4.69) is 15.2 Å². The fourth-order valence-electron chi connectivity index (χ4n) is 3.27. The zero-order valence-electron chi connectivity index (χ0n) is 15.5. The van der Waals surface area contributed by atoms with Crippen LogP contribution in [0.1, 0.15) is 32.3 Å². The molecule has 1 aliphatic rings. The molecule has 1 N–H and O–H groups in total. The van der Waals surface area contributed by atoms with Gasteiger partial charge in [0.1, 0.15) is 5.75 Å². The van der Waals surface area contributed by atoms with Gasteiger partial charge >= 0.3 is 0 Å². The summed E-state index contributed by atoms with van der Waals surface area (Å²) in [5, 5.41) is 3.08. The predicted octanol–water partition coefficient (Wildman–Crippen LogP) is 3.40. The monoisotopic (exact) mass is 353 g/mol. The first-order valence-electron chi connectivity index (χ1n) is 9.30. The fourth-order valence-corrected chi connectivity index (χ4v) is 3.27. The molecule has 0 aliphatic carbocycles. The SMILES string of the molecule is CC(C)Oc1ccc(CNC(=O)C2CCCN(c3ccncc3)C2)cc1. The van der Waals surface area contributed by atoms with Gasteiger partial charge in [-0.3, -0.25) is 9.78 Å². The van der Waals surface area contributed by atoms with Gasteiger partial charge in [0.2, 0.25) is 5.91 Å². The van der Waals surface area contributed by atoms with Gasteiger partial charge < -0.3 is 15.0 Å². The number of ether oxygens (including phenoxy) is 1. The van der Waals surface area contributed by atoms with E-state index in [1.807, 2.05) is 50.2 Å². The number of amides is 1. The largest absolute Gasteiger partial charge is 0.491 e. The minimum atomic E-state index is 0.0282. The van der Waals surface area contributed by atoms with E-state index in [-0.39, 0.29) is 17.9 Å². The van der Waals surface area contributed by atoms with Crippen molar-refractivity contribution in [3.8, 4) is 5.75 Å². The van der Waals surface area contributed by atoms with Gasteiger partial charge in [0.15, 0.2) is 0 Å². The number of carbonyl (C=O) groups is 1. The van der Waals surface area contributed by atoms with Gasteiger partial charge in [-0.2, -0.15) is 0 Å². The molecule has 2 heterocycles. The molecule has 1 amide bonds. The summed E-state index contributed by atoms with van der Waals surface area (Å²) < 4.78 is 5.65. The number of rotatable bonds is 6. The molecule has 5 nitrogen and oxygen atoms in total. The van der Waals surface area contributed by atoms with Crippen molar-refractivity contribution in [1.82, 2.24) is 10.3 Å². The van der Waals surface area contributed by atoms with E-state index >= 15 is 0 Å². The molecular formula is C21H27N3O2. The number of nitrogens with one attached hydrogen (secondary N) is 1. The molecule has 1 unspecified atom stereocenters. The maximum atomic E-state index is 12.6. The van der Waals surface area contributed by atoms with Crippen LogP contribution in [0.2, 0.25) is 0 Å². The van der Waals surface area contributed by atoms with Gasteiger partial charge in [-0.15, -0.1) is 0 Å². The first-order chi connectivity index (χ1) is 12.6. The molecule has 1 fully saturated rings. The molecule has 2 aromatic rings. The van der Waals surface area contributed by atoms with Crippen molar-refractivity contribution in [2.24, 2.45) is 5.92 Å². The summed E-state index contributed by atoms with van der Waals surface area (Å²) in [6.45, 7) is 6.32. The minimum absolute atomic E-state index is 0.0282. The van der Waals surface area contributed by atoms with E-state index < -0.39 is 0 Å². The lowest BCUT2D eigenvalue weighted by atomic mass is 9.96. The Morgan fingerprint density at radius 1 is 1.23 bits per heavy atom. The Morgan fingerprint density at radius 3 is 2.65 bits per heavy atom. The van der Waals surface area contributed by atoms with Crippen molar-refractivity contribution in [2.75, 3.05) is 18.0 Å². The van der Waals surface area contributed by atoms with E-state index in [0.717, 1.165) is 42.9 Å². The van der Waals surface area contributed by atoms with Crippen molar-refractivity contribution in [3.63, 3.8) is 0 Å². The number of hydrogen-bond donors (Lipinski definition) is 1. The summed E-state index contributed by atoms with van der Waals surface area (Å²) >= 11 is 0. The Balaban J connectivity index is 1.51. The van der Waals surface area contributed by atoms with E-state index in [9.17, 15) is 4.79 Å². The molecule has 26 heavy (non-hydrogen) atoms. The van der Waals surface area contributed by atoms with Crippen molar-refractivity contribution in [1.29, 1.82) is 0 Å². The quantitative estimate of drug-likeness (QED) is 0.865. The van der Waals surface area contributed by atoms with Crippen molar-refractivity contribution in [3.05, 3.63) is 54.4 Å². The van der Waals surface area contributed by atoms with Crippen LogP contribution in [0.5, 0.6) is 5.75 Å². The molecule has 3 rings (SSSR count). The second kappa shape index (κ2) is 8.70. The third kappa shape index (κ3) is 4.97. The average Bonchev–Trinajstić information content (AvgIpc) is 2.67. The number of carbonyl (C=O) groups excluding carboxylic acids is 1. The Labute approximate surface area is 155 Å². The molecule has 5 heteroatoms. The van der Waals surface area contributed by atoms with Crippen molar-refractivity contribution in [2.45, 2.75) is 39.3 Å². The van der Waals surface area contributed by atoms with Gasteiger partial charge in [-0.05, 0) is 56.5 Å². The maximum absolute atomic E-state index is 12.6. The number of piperidine rings is 1. The highest BCUT2D eigenvalue weighted by molar-refractivity contribution is 5.79. The lowest BCUT2D eigenvalue weighted by Gasteiger charge is -2.33. The van der Waals surface area contributed by atoms with Crippen LogP contribution in [0.4, 0.5) is 5.69 Å². The summed E-state index contributed by atoms with van der Waals surface area (Å²) in [5.74, 6) is 1.02. The number of aromatic nitrogens is 1. The molecule has 0 radical (unpaired) electrons. The van der Waals surface area contributed by atoms with Gasteiger partial charge in [0, 0.05) is 37.7 Å². The number of nitrogens with zero attached hydrogens (tertiary/aromatic N) is 2. The van der Waals surface area contributed by atoms with Crippen molar-refractivity contribution >= 4 is 11.6 Å². The zero-order chi connectivity index (χ0) is 18.4. The molecule has 1 aromatic heterocycles. The van der Waals surface area contributed by atoms with Crippen LogP contribution in [-0.2, 0) is 11.3 Å². The highest BCUT2D eigenvalue weighted by Gasteiger charge is 2.25. The molecule has 0 bridgehead atoms. The summed E-state index contributed by atoms with van der Waals surface area (Å²) in [4.78, 5) is 18.9. The number of benzene rings is 1. The van der Waals surface area contributed by atoms with Gasteiger partial charge in [-0.1, -0.05) is 12.1 Å². The second-order valence-electron chi connectivity index (χ2n) is 7.02. The highest BCUT2D eigenvalue weighted by Crippen LogP contribution is 2.23. The summed E-state index contributed by atoms with van der Waals surface area (Å²) in [5.41, 5.74) is 2.22. The maximum Gasteiger partial charge on any atom is 0.225 e. The highest BCUT2D eigenvalue weighted by atomic mass is 16.5. The molecule has 1 aliphatic heterocycles. The third-order valence-electron chi connectivity index (χ3n) is 4.58. The van der Waals surface area contributed by atoms with Crippen LogP contribution in [0.15, 0.2) is 48.8 Å². The van der Waals surface area contributed by atoms with Crippen molar-refractivity contribution < 1.29 is 9.53 Å². The summed E-state index contributed by atoms with van der Waals surface area (Å²) in [6.07, 6.45) is 5.73. The summed E-state index contributed by atoms with van der Waals surface area (Å²) in [7, 11) is 0. The van der Waals surface area contributed by atoms with Crippen LogP contribution < -0.4 is 15.0 Å². The number of hydrogen-bond acceptors (Lipinski definition) is 4. The lowest BCUT2D eigenvalue weighted by molar-refractivity contribution is -0.125. The fraction of sp³-hybridized carbons (Fsp3) is 0.429. The Bertz CT molecular complexity index is 701. The van der Waals surface area contributed by atoms with Crippen LogP contribution in [0.25, 0.3) is 0 Å². The second-order valence-corrected chi connectivity index (χ2v) is 7.02. The average molecular weight is 353 g/mol. The van der Waals surface area contributed by atoms with Crippen LogP contribution in [0, 0.1) is 5.92 Å². The Morgan fingerprint density at radius 2 is 1.96 bits per heavy atom. The van der Waals surface area contributed by atoms with Gasteiger partial charge in [-0.25, -0.2) is 0 Å². The first-order valence-corrected chi connectivity index (χ1v) is 9.30. The number of anilines is 1. The molecule has 1 aromatic carbocycles. The number of pyridine rings is 1. The Hall–Kier alpha value is -2.56. The van der Waals surface area contributed by atoms with E-state index in [0.29, 0.717) is 6.54 Å². The molecule has 0 saturated carbocycles. The van der Waals surface area contributed by atoms with Crippen LogP contribution in [0.3, 0.4) is 0 Å². The standard InChI is InChI=1S/C21H27N3O2/c1-16(2)26-20-7-5-17(6-8-20)14-23-21(25)18-4-3-13-24(15-18)19-9-11-22-12-10-19/h5-12,16,18H,3-4,13-15H2,1-2H3,(H,23,25). The molecular weight excluding hydrogens is 326 g/mol. The van der Waals surface area contributed by atoms with Crippen LogP contribution in [-0.4, -0.2) is 30.1 Å². The topological polar surface area (TPSA) is 54.5 Å². The normalized spacial score (nSPS) is 17.2. The minimum Gasteiger partial charge on any atom is -0.491 e. The van der Waals surface area contributed by atoms with Crippen LogP contribution >= 0.6 is 0 Å². The first kappa shape index (κ1) is 18.2. The van der Waals surface area contributed by atoms with E-state index in [1.54, 1.807) is 12.4 Å². The van der Waals surface area contributed by atoms with Gasteiger partial charge in [0.05, 0.1) is 12.0 Å². The zero-order valence-corrected chi connectivity index (χ0v) is 15.5. The molecule has 138 valence electrons. The van der Waals surface area contributed by atoms with E-state index in [1.165, 1.54) is 0 Å². The Kier molecular flexibility index (Phi) is 6.10. The molecule has 0 spiro atoms. The lowest BCUT2D eigenvalue weighted by Crippen LogP contribution is -2.43. The molecule has 1 saturated heterocycles. The predicted molar refractivity (Wildman–Crippen MR) is 103 cm³/mol. The smallest absolute Gasteiger partial charge is 0.225 e. The third-order valence-corrected chi connectivity index (χ3v) is 4.58. The summed E-state index contributed by atoms with van der Waals surface area (Å²) in [6, 6.07) is 11.9.